The molecule has 0 spiro atoms. The van der Waals surface area contributed by atoms with Crippen LogP contribution >= 0.6 is 27.5 Å². The molecule has 0 aliphatic heterocycles. The van der Waals surface area contributed by atoms with Crippen LogP contribution in [-0.2, 0) is 0 Å². The molecule has 1 atom stereocenters. The first-order valence-electron chi connectivity index (χ1n) is 6.72. The fourth-order valence-corrected chi connectivity index (χ4v) is 2.74. The highest BCUT2D eigenvalue weighted by Crippen LogP contribution is 2.30. The Morgan fingerprint density at radius 3 is 2.75 bits per heavy atom. The van der Waals surface area contributed by atoms with E-state index in [0.29, 0.717) is 0 Å². The molecule has 20 heavy (non-hydrogen) atoms. The van der Waals surface area contributed by atoms with Gasteiger partial charge in [-0.3, -0.25) is 4.98 Å². The predicted octanol–water partition coefficient (Wildman–Crippen LogP) is 4.89. The van der Waals surface area contributed by atoms with Gasteiger partial charge in [-0.15, -0.1) is 0 Å². The maximum Gasteiger partial charge on any atom is 0.0603 e. The van der Waals surface area contributed by atoms with Crippen LogP contribution in [0.2, 0.25) is 5.02 Å². The topological polar surface area (TPSA) is 24.9 Å². The Kier molecular flexibility index (Phi) is 5.58. The summed E-state index contributed by atoms with van der Waals surface area (Å²) in [4.78, 5) is 4.40. The lowest BCUT2D eigenvalue weighted by atomic mass is 10.00. The van der Waals surface area contributed by atoms with E-state index in [4.69, 9.17) is 11.6 Å². The molecule has 1 aromatic carbocycles. The number of aromatic nitrogens is 1. The number of hydrogen-bond donors (Lipinski definition) is 1. The van der Waals surface area contributed by atoms with Gasteiger partial charge in [-0.05, 0) is 55.3 Å². The van der Waals surface area contributed by atoms with Crippen LogP contribution in [0.4, 0.5) is 0 Å². The van der Waals surface area contributed by atoms with Gasteiger partial charge in [0.2, 0.25) is 0 Å². The number of aryl methyl sites for hydroxylation is 1. The Hall–Kier alpha value is -0.900. The van der Waals surface area contributed by atoms with Gasteiger partial charge < -0.3 is 5.32 Å². The molecule has 106 valence electrons. The van der Waals surface area contributed by atoms with Gasteiger partial charge in [0, 0.05) is 21.4 Å². The van der Waals surface area contributed by atoms with Gasteiger partial charge >= 0.3 is 0 Å². The number of benzene rings is 1. The molecule has 0 bridgehead atoms. The zero-order chi connectivity index (χ0) is 14.5. The van der Waals surface area contributed by atoms with Crippen LogP contribution in [0.15, 0.2) is 41.0 Å². The van der Waals surface area contributed by atoms with Gasteiger partial charge in [-0.1, -0.05) is 40.5 Å². The molecule has 0 aliphatic rings. The minimum atomic E-state index is 0.0936. The maximum absolute atomic E-state index is 6.14. The van der Waals surface area contributed by atoms with Crippen LogP contribution in [-0.4, -0.2) is 11.5 Å². The summed E-state index contributed by atoms with van der Waals surface area (Å²) in [5.74, 6) is 0. The van der Waals surface area contributed by atoms with Gasteiger partial charge in [-0.2, -0.15) is 0 Å². The third-order valence-electron chi connectivity index (χ3n) is 3.14. The standard InChI is InChI=1S/C16H18BrClN2/c1-3-8-19-16(12-5-4-11(2)20-10-12)14-9-13(18)6-7-15(14)17/h4-7,9-10,16,19H,3,8H2,1-2H3. The lowest BCUT2D eigenvalue weighted by Gasteiger charge is -2.21. The lowest BCUT2D eigenvalue weighted by molar-refractivity contribution is 0.595. The molecule has 0 amide bonds. The van der Waals surface area contributed by atoms with Crippen molar-refractivity contribution in [1.29, 1.82) is 0 Å². The number of nitrogens with zero attached hydrogens (tertiary/aromatic N) is 1. The molecule has 0 radical (unpaired) electrons. The minimum Gasteiger partial charge on any atom is -0.306 e. The molecule has 0 saturated carbocycles. The third-order valence-corrected chi connectivity index (χ3v) is 4.09. The maximum atomic E-state index is 6.14. The number of halogens is 2. The Morgan fingerprint density at radius 1 is 1.30 bits per heavy atom. The summed E-state index contributed by atoms with van der Waals surface area (Å²) in [5.41, 5.74) is 3.30. The smallest absolute Gasteiger partial charge is 0.0603 e. The van der Waals surface area contributed by atoms with E-state index in [9.17, 15) is 0 Å². The molecule has 1 N–H and O–H groups in total. The van der Waals surface area contributed by atoms with Crippen LogP contribution in [0.25, 0.3) is 0 Å². The van der Waals surface area contributed by atoms with Gasteiger partial charge in [0.1, 0.15) is 0 Å². The van der Waals surface area contributed by atoms with Crippen molar-refractivity contribution in [3.63, 3.8) is 0 Å². The van der Waals surface area contributed by atoms with E-state index in [1.165, 1.54) is 0 Å². The number of nitrogens with one attached hydrogen (secondary N) is 1. The van der Waals surface area contributed by atoms with Crippen molar-refractivity contribution >= 4 is 27.5 Å². The summed E-state index contributed by atoms with van der Waals surface area (Å²) < 4.78 is 1.05. The molecule has 1 aromatic heterocycles. The zero-order valence-electron chi connectivity index (χ0n) is 11.7. The van der Waals surface area contributed by atoms with Crippen molar-refractivity contribution in [2.75, 3.05) is 6.54 Å². The fourth-order valence-electron chi connectivity index (χ4n) is 2.08. The second-order valence-corrected chi connectivity index (χ2v) is 6.08. The Balaban J connectivity index is 2.41. The molecule has 2 nitrogen and oxygen atoms in total. The first-order valence-corrected chi connectivity index (χ1v) is 7.89. The molecule has 1 unspecified atom stereocenters. The minimum absolute atomic E-state index is 0.0936. The average Bonchev–Trinajstić information content (AvgIpc) is 2.44. The third kappa shape index (κ3) is 3.81. The summed E-state index contributed by atoms with van der Waals surface area (Å²) in [7, 11) is 0. The van der Waals surface area contributed by atoms with E-state index >= 15 is 0 Å². The lowest BCUT2D eigenvalue weighted by Crippen LogP contribution is -2.23. The van der Waals surface area contributed by atoms with Crippen molar-refractivity contribution in [3.05, 3.63) is 62.8 Å². The summed E-state index contributed by atoms with van der Waals surface area (Å²) in [6.07, 6.45) is 3.00. The Bertz CT molecular complexity index is 569. The van der Waals surface area contributed by atoms with Crippen LogP contribution in [0, 0.1) is 6.92 Å². The van der Waals surface area contributed by atoms with Crippen molar-refractivity contribution in [1.82, 2.24) is 10.3 Å². The normalized spacial score (nSPS) is 12.4. The number of rotatable bonds is 5. The van der Waals surface area contributed by atoms with Gasteiger partial charge in [-0.25, -0.2) is 0 Å². The monoisotopic (exact) mass is 352 g/mol. The predicted molar refractivity (Wildman–Crippen MR) is 88.3 cm³/mol. The van der Waals surface area contributed by atoms with Crippen molar-refractivity contribution < 1.29 is 0 Å². The zero-order valence-corrected chi connectivity index (χ0v) is 14.0. The quantitative estimate of drug-likeness (QED) is 0.827. The first-order chi connectivity index (χ1) is 9.61. The van der Waals surface area contributed by atoms with E-state index < -0.39 is 0 Å². The molecule has 0 saturated heterocycles. The van der Waals surface area contributed by atoms with Crippen molar-refractivity contribution in [2.24, 2.45) is 0 Å². The van der Waals surface area contributed by atoms with E-state index in [2.05, 4.69) is 39.2 Å². The highest BCUT2D eigenvalue weighted by Gasteiger charge is 2.16. The van der Waals surface area contributed by atoms with E-state index in [1.54, 1.807) is 0 Å². The van der Waals surface area contributed by atoms with Gasteiger partial charge in [0.25, 0.3) is 0 Å². The number of hydrogen-bond acceptors (Lipinski definition) is 2. The highest BCUT2D eigenvalue weighted by molar-refractivity contribution is 9.10. The molecule has 0 aliphatic carbocycles. The Labute approximate surface area is 133 Å². The van der Waals surface area contributed by atoms with Crippen LogP contribution in [0.1, 0.15) is 36.2 Å². The summed E-state index contributed by atoms with van der Waals surface area (Å²) in [6.45, 7) is 5.09. The van der Waals surface area contributed by atoms with Gasteiger partial charge in [0.05, 0.1) is 6.04 Å². The van der Waals surface area contributed by atoms with Crippen LogP contribution < -0.4 is 5.32 Å². The SMILES string of the molecule is CCCNC(c1ccc(C)nc1)c1cc(Cl)ccc1Br. The van der Waals surface area contributed by atoms with E-state index in [-0.39, 0.29) is 6.04 Å². The van der Waals surface area contributed by atoms with Crippen LogP contribution in [0.3, 0.4) is 0 Å². The molecule has 4 heteroatoms. The van der Waals surface area contributed by atoms with Crippen molar-refractivity contribution in [2.45, 2.75) is 26.3 Å². The molecule has 1 heterocycles. The molecular formula is C16H18BrClN2. The fraction of sp³-hybridized carbons (Fsp3) is 0.312. The van der Waals surface area contributed by atoms with E-state index in [0.717, 1.165) is 39.3 Å². The molecule has 0 fully saturated rings. The van der Waals surface area contributed by atoms with Crippen molar-refractivity contribution in [3.8, 4) is 0 Å². The molecule has 2 aromatic rings. The summed E-state index contributed by atoms with van der Waals surface area (Å²) in [6, 6.07) is 10.1. The largest absolute Gasteiger partial charge is 0.306 e. The van der Waals surface area contributed by atoms with Crippen LogP contribution in [0.5, 0.6) is 0 Å². The molecular weight excluding hydrogens is 336 g/mol. The average molecular weight is 354 g/mol. The van der Waals surface area contributed by atoms with E-state index in [1.807, 2.05) is 37.4 Å². The summed E-state index contributed by atoms with van der Waals surface area (Å²) in [5, 5.41) is 4.30. The number of pyridine rings is 1. The second kappa shape index (κ2) is 7.21. The first kappa shape index (κ1) is 15.5. The molecule has 2 rings (SSSR count). The highest BCUT2D eigenvalue weighted by atomic mass is 79.9. The second-order valence-electron chi connectivity index (χ2n) is 4.79. The van der Waals surface area contributed by atoms with Gasteiger partial charge in [0.15, 0.2) is 0 Å². The summed E-state index contributed by atoms with van der Waals surface area (Å²) >= 11 is 9.76. The Morgan fingerprint density at radius 2 is 2.10 bits per heavy atom.